The molecule has 0 radical (unpaired) electrons. The fourth-order valence-corrected chi connectivity index (χ4v) is 3.14. The second-order valence-corrected chi connectivity index (χ2v) is 7.41. The lowest BCUT2D eigenvalue weighted by Gasteiger charge is -2.28. The van der Waals surface area contributed by atoms with Crippen LogP contribution in [0.15, 0.2) is 17.4 Å². The third-order valence-corrected chi connectivity index (χ3v) is 4.33. The number of nitrogens with one attached hydrogen (secondary N) is 1. The number of hydrogen-bond donors (Lipinski definition) is 1. The maximum Gasteiger partial charge on any atom is 0.410 e. The highest BCUT2D eigenvalue weighted by Gasteiger charge is 2.31. The van der Waals surface area contributed by atoms with Crippen LogP contribution in [0.3, 0.4) is 0 Å². The largest absolute Gasteiger partial charge is 0.444 e. The van der Waals surface area contributed by atoms with E-state index in [0.29, 0.717) is 6.54 Å². The van der Waals surface area contributed by atoms with Crippen molar-refractivity contribution in [3.05, 3.63) is 18.1 Å². The average Bonchev–Trinajstić information content (AvgIpc) is 2.94. The number of nitrogens with zero attached hydrogens (tertiary/aromatic N) is 3. The molecule has 0 spiro atoms. The molecular weight excluding hydrogens is 312 g/mol. The van der Waals surface area contributed by atoms with Gasteiger partial charge in [0.15, 0.2) is 0 Å². The Kier molecular flexibility index (Phi) is 6.24. The molecule has 1 aromatic rings. The maximum absolute atomic E-state index is 12.3. The third kappa shape index (κ3) is 5.35. The molecule has 2 rings (SSSR count). The van der Waals surface area contributed by atoms with Crippen molar-refractivity contribution in [1.29, 1.82) is 0 Å². The monoisotopic (exact) mass is 338 g/mol. The summed E-state index contributed by atoms with van der Waals surface area (Å²) in [6.07, 6.45) is 7.21. The van der Waals surface area contributed by atoms with Crippen LogP contribution in [0.2, 0.25) is 0 Å². The van der Waals surface area contributed by atoms with Crippen molar-refractivity contribution in [2.24, 2.45) is 0 Å². The van der Waals surface area contributed by atoms with Crippen molar-refractivity contribution in [3.8, 4) is 0 Å². The molecular formula is C16H26N4O2S. The van der Waals surface area contributed by atoms with E-state index in [4.69, 9.17) is 4.74 Å². The van der Waals surface area contributed by atoms with Crippen LogP contribution < -0.4 is 5.32 Å². The lowest BCUT2D eigenvalue weighted by atomic mass is 10.2. The van der Waals surface area contributed by atoms with Gasteiger partial charge in [0.05, 0.1) is 5.69 Å². The molecule has 2 heterocycles. The fourth-order valence-electron chi connectivity index (χ4n) is 2.61. The molecule has 1 aliphatic rings. The molecule has 1 aliphatic heterocycles. The minimum Gasteiger partial charge on any atom is -0.444 e. The lowest BCUT2D eigenvalue weighted by molar-refractivity contribution is 0.0226. The summed E-state index contributed by atoms with van der Waals surface area (Å²) in [4.78, 5) is 22.8. The zero-order valence-corrected chi connectivity index (χ0v) is 15.2. The van der Waals surface area contributed by atoms with Gasteiger partial charge >= 0.3 is 6.09 Å². The molecule has 6 nitrogen and oxygen atoms in total. The summed E-state index contributed by atoms with van der Waals surface area (Å²) in [5.41, 5.74) is 0.492. The zero-order valence-electron chi connectivity index (χ0n) is 14.3. The van der Waals surface area contributed by atoms with E-state index in [2.05, 4.69) is 15.3 Å². The molecule has 1 atom stereocenters. The van der Waals surface area contributed by atoms with Gasteiger partial charge in [-0.1, -0.05) is 0 Å². The summed E-state index contributed by atoms with van der Waals surface area (Å²) < 4.78 is 5.49. The number of hydrogen-bond acceptors (Lipinski definition) is 6. The van der Waals surface area contributed by atoms with Crippen molar-refractivity contribution >= 4 is 17.9 Å². The molecule has 1 aromatic heterocycles. The third-order valence-electron chi connectivity index (χ3n) is 3.61. The zero-order chi connectivity index (χ0) is 16.9. The molecule has 0 saturated carbocycles. The predicted molar refractivity (Wildman–Crippen MR) is 91.5 cm³/mol. The van der Waals surface area contributed by atoms with Gasteiger partial charge < -0.3 is 15.0 Å². The van der Waals surface area contributed by atoms with E-state index in [-0.39, 0.29) is 12.1 Å². The molecule has 128 valence electrons. The first-order chi connectivity index (χ1) is 10.9. The lowest BCUT2D eigenvalue weighted by Crippen LogP contribution is -2.44. The van der Waals surface area contributed by atoms with Crippen LogP contribution in [0.25, 0.3) is 0 Å². The first-order valence-corrected chi connectivity index (χ1v) is 9.17. The van der Waals surface area contributed by atoms with Gasteiger partial charge in [0.1, 0.15) is 10.6 Å². The number of carbonyl (C=O) groups excluding carboxylic acids is 1. The first kappa shape index (κ1) is 18.0. The number of ether oxygens (including phenoxy) is 1. The topological polar surface area (TPSA) is 67.4 Å². The molecule has 0 bridgehead atoms. The Morgan fingerprint density at radius 3 is 2.87 bits per heavy atom. The van der Waals surface area contributed by atoms with Crippen molar-refractivity contribution in [3.63, 3.8) is 0 Å². The van der Waals surface area contributed by atoms with Gasteiger partial charge in [-0.25, -0.2) is 9.78 Å². The van der Waals surface area contributed by atoms with Crippen LogP contribution in [-0.4, -0.2) is 51.9 Å². The quantitative estimate of drug-likeness (QED) is 0.833. The standard InChI is InChI=1S/C16H26N4O2S/c1-16(2,3)22-15(21)20-9-5-6-12(20)10-17-11-13-14(23-4)19-8-7-18-13/h7-8,12,17H,5-6,9-11H2,1-4H3/t12-/m1/s1. The van der Waals surface area contributed by atoms with Crippen LogP contribution in [-0.2, 0) is 11.3 Å². The van der Waals surface area contributed by atoms with Gasteiger partial charge in [-0.05, 0) is 39.9 Å². The van der Waals surface area contributed by atoms with Crippen LogP contribution in [0.1, 0.15) is 39.3 Å². The Morgan fingerprint density at radius 2 is 2.17 bits per heavy atom. The van der Waals surface area contributed by atoms with Crippen molar-refractivity contribution in [2.45, 2.75) is 56.8 Å². The Hall–Kier alpha value is -1.34. The highest BCUT2D eigenvalue weighted by Crippen LogP contribution is 2.20. The Labute approximate surface area is 142 Å². The smallest absolute Gasteiger partial charge is 0.410 e. The molecule has 0 aliphatic carbocycles. The molecule has 1 amide bonds. The number of thioether (sulfide) groups is 1. The van der Waals surface area contributed by atoms with E-state index in [1.807, 2.05) is 31.9 Å². The normalized spacial score (nSPS) is 18.3. The van der Waals surface area contributed by atoms with Gasteiger partial charge in [-0.3, -0.25) is 4.98 Å². The number of aromatic nitrogens is 2. The van der Waals surface area contributed by atoms with Gasteiger partial charge in [-0.2, -0.15) is 0 Å². The summed E-state index contributed by atoms with van der Waals surface area (Å²) in [6, 6.07) is 0.180. The Morgan fingerprint density at radius 1 is 1.43 bits per heavy atom. The second kappa shape index (κ2) is 7.97. The molecule has 1 N–H and O–H groups in total. The summed E-state index contributed by atoms with van der Waals surface area (Å²) >= 11 is 1.59. The van der Waals surface area contributed by atoms with Gasteiger partial charge in [0, 0.05) is 38.1 Å². The van der Waals surface area contributed by atoms with E-state index in [1.165, 1.54) is 0 Å². The van der Waals surface area contributed by atoms with Gasteiger partial charge in [0.25, 0.3) is 0 Å². The maximum atomic E-state index is 12.3. The average molecular weight is 338 g/mol. The van der Waals surface area contributed by atoms with Crippen molar-refractivity contribution < 1.29 is 9.53 Å². The van der Waals surface area contributed by atoms with E-state index in [9.17, 15) is 4.79 Å². The van der Waals surface area contributed by atoms with Crippen LogP contribution in [0.4, 0.5) is 4.79 Å². The molecule has 0 aromatic carbocycles. The SMILES string of the molecule is CSc1nccnc1CNC[C@H]1CCCN1C(=O)OC(C)(C)C. The van der Waals surface area contributed by atoms with E-state index in [1.54, 1.807) is 24.2 Å². The summed E-state index contributed by atoms with van der Waals surface area (Å²) in [7, 11) is 0. The van der Waals surface area contributed by atoms with Gasteiger partial charge in [0.2, 0.25) is 0 Å². The van der Waals surface area contributed by atoms with Crippen molar-refractivity contribution in [2.75, 3.05) is 19.3 Å². The Balaban J connectivity index is 1.86. The number of carbonyl (C=O) groups is 1. The molecule has 1 saturated heterocycles. The number of amides is 1. The highest BCUT2D eigenvalue weighted by atomic mass is 32.2. The predicted octanol–water partition coefficient (Wildman–Crippen LogP) is 2.69. The van der Waals surface area contributed by atoms with Crippen LogP contribution in [0.5, 0.6) is 0 Å². The molecule has 23 heavy (non-hydrogen) atoms. The number of likely N-dealkylation sites (tertiary alicyclic amines) is 1. The van der Waals surface area contributed by atoms with Crippen molar-refractivity contribution in [1.82, 2.24) is 20.2 Å². The molecule has 0 unspecified atom stereocenters. The fraction of sp³-hybridized carbons (Fsp3) is 0.688. The van der Waals surface area contributed by atoms with Gasteiger partial charge in [-0.15, -0.1) is 11.8 Å². The summed E-state index contributed by atoms with van der Waals surface area (Å²) in [5, 5.41) is 4.34. The minimum absolute atomic E-state index is 0.180. The van der Waals surface area contributed by atoms with E-state index < -0.39 is 5.60 Å². The number of rotatable bonds is 5. The van der Waals surface area contributed by atoms with E-state index >= 15 is 0 Å². The van der Waals surface area contributed by atoms with E-state index in [0.717, 1.165) is 36.7 Å². The second-order valence-electron chi connectivity index (χ2n) is 6.61. The highest BCUT2D eigenvalue weighted by molar-refractivity contribution is 7.98. The Bertz CT molecular complexity index is 533. The summed E-state index contributed by atoms with van der Waals surface area (Å²) in [6.45, 7) is 7.85. The molecule has 1 fully saturated rings. The summed E-state index contributed by atoms with van der Waals surface area (Å²) in [5.74, 6) is 0. The first-order valence-electron chi connectivity index (χ1n) is 7.95. The molecule has 7 heteroatoms. The minimum atomic E-state index is -0.454. The van der Waals surface area contributed by atoms with Crippen LogP contribution in [0, 0.1) is 0 Å². The van der Waals surface area contributed by atoms with Crippen LogP contribution >= 0.6 is 11.8 Å².